The molecular weight excluding hydrogens is 209 g/mol. The molecule has 1 fully saturated rings. The summed E-state index contributed by atoms with van der Waals surface area (Å²) in [4.78, 5) is 12.6. The van der Waals surface area contributed by atoms with E-state index in [4.69, 9.17) is 0 Å². The fourth-order valence-corrected chi connectivity index (χ4v) is 1.43. The number of alkyl halides is 3. The monoisotopic (exact) mass is 224 g/mol. The number of hydrogen-bond donors (Lipinski definition) is 1. The van der Waals surface area contributed by atoms with Crippen molar-refractivity contribution in [3.05, 3.63) is 0 Å². The van der Waals surface area contributed by atoms with Gasteiger partial charge in [-0.15, -0.1) is 0 Å². The van der Waals surface area contributed by atoms with Crippen molar-refractivity contribution in [2.75, 3.05) is 6.54 Å². The summed E-state index contributed by atoms with van der Waals surface area (Å²) in [5, 5.41) is 1.99. The zero-order chi connectivity index (χ0) is 12.1. The molecule has 1 N–H and O–H groups in total. The van der Waals surface area contributed by atoms with Crippen LogP contribution in [0.1, 0.15) is 27.7 Å². The Morgan fingerprint density at radius 3 is 2.00 bits per heavy atom. The predicted octanol–water partition coefficient (Wildman–Crippen LogP) is 2.13. The number of nitrogens with one attached hydrogen (secondary N) is 1. The van der Waals surface area contributed by atoms with Crippen molar-refractivity contribution < 1.29 is 18.0 Å². The largest absolute Gasteiger partial charge is 0.413 e. The van der Waals surface area contributed by atoms with Crippen LogP contribution in [0, 0.1) is 0 Å². The Bertz CT molecular complexity index is 282. The highest BCUT2D eigenvalue weighted by Gasteiger charge is 2.58. The first-order valence-corrected chi connectivity index (χ1v) is 4.64. The highest BCUT2D eigenvalue weighted by molar-refractivity contribution is 5.78. The predicted molar refractivity (Wildman–Crippen MR) is 49.5 cm³/mol. The summed E-state index contributed by atoms with van der Waals surface area (Å²) < 4.78 is 37.9. The average Bonchev–Trinajstić information content (AvgIpc) is 2.24. The SMILES string of the molecule is CC(C)(C)N1C[C@](C)(C(F)(F)F)NC1=O. The number of urea groups is 1. The summed E-state index contributed by atoms with van der Waals surface area (Å²) in [7, 11) is 0. The van der Waals surface area contributed by atoms with Gasteiger partial charge in [-0.1, -0.05) is 0 Å². The van der Waals surface area contributed by atoms with E-state index in [9.17, 15) is 18.0 Å². The number of carbonyl (C=O) groups excluding carboxylic acids is 1. The smallest absolute Gasteiger partial charge is 0.322 e. The second kappa shape index (κ2) is 3.02. The van der Waals surface area contributed by atoms with Crippen LogP contribution in [0.25, 0.3) is 0 Å². The molecule has 0 saturated carbocycles. The van der Waals surface area contributed by atoms with Crippen LogP contribution < -0.4 is 5.32 Å². The molecule has 1 saturated heterocycles. The van der Waals surface area contributed by atoms with E-state index in [0.29, 0.717) is 0 Å². The van der Waals surface area contributed by atoms with Gasteiger partial charge in [0.2, 0.25) is 0 Å². The highest BCUT2D eigenvalue weighted by Crippen LogP contribution is 2.36. The molecule has 0 aromatic carbocycles. The van der Waals surface area contributed by atoms with Gasteiger partial charge in [0.1, 0.15) is 0 Å². The maximum absolute atomic E-state index is 12.6. The van der Waals surface area contributed by atoms with Gasteiger partial charge in [-0.05, 0) is 27.7 Å². The third kappa shape index (κ3) is 2.03. The lowest BCUT2D eigenvalue weighted by Gasteiger charge is -2.32. The van der Waals surface area contributed by atoms with Crippen LogP contribution in [0.4, 0.5) is 18.0 Å². The third-order valence-corrected chi connectivity index (χ3v) is 2.54. The Morgan fingerprint density at radius 2 is 1.80 bits per heavy atom. The zero-order valence-corrected chi connectivity index (χ0v) is 9.20. The van der Waals surface area contributed by atoms with Gasteiger partial charge < -0.3 is 10.2 Å². The highest BCUT2D eigenvalue weighted by atomic mass is 19.4. The summed E-state index contributed by atoms with van der Waals surface area (Å²) in [6.07, 6.45) is -4.43. The second-order valence-corrected chi connectivity index (χ2v) is 5.02. The summed E-state index contributed by atoms with van der Waals surface area (Å²) in [5.74, 6) is 0. The number of amides is 2. The molecule has 0 unspecified atom stereocenters. The summed E-state index contributed by atoms with van der Waals surface area (Å²) in [5.41, 5.74) is -2.75. The fourth-order valence-electron chi connectivity index (χ4n) is 1.43. The standard InChI is InChI=1S/C9H15F3N2O/c1-7(2,3)14-5-8(4,9(10,11)12)13-6(14)15/h5H2,1-4H3,(H,13,15)/t8-/m1/s1. The van der Waals surface area contributed by atoms with Gasteiger partial charge in [-0.2, -0.15) is 13.2 Å². The first kappa shape index (κ1) is 12.1. The van der Waals surface area contributed by atoms with Crippen molar-refractivity contribution in [3.8, 4) is 0 Å². The van der Waals surface area contributed by atoms with E-state index in [2.05, 4.69) is 0 Å². The molecule has 0 aliphatic carbocycles. The molecule has 15 heavy (non-hydrogen) atoms. The maximum atomic E-state index is 12.6. The first-order chi connectivity index (χ1) is 6.47. The minimum absolute atomic E-state index is 0.348. The van der Waals surface area contributed by atoms with Crippen LogP contribution in [0.5, 0.6) is 0 Å². The lowest BCUT2D eigenvalue weighted by atomic mass is 10.0. The Morgan fingerprint density at radius 1 is 1.33 bits per heavy atom. The van der Waals surface area contributed by atoms with Gasteiger partial charge in [-0.3, -0.25) is 0 Å². The Kier molecular flexibility index (Phi) is 2.45. The van der Waals surface area contributed by atoms with E-state index in [1.807, 2.05) is 5.32 Å². The minimum atomic E-state index is -4.43. The topological polar surface area (TPSA) is 32.3 Å². The molecule has 0 aromatic rings. The molecule has 0 aromatic heterocycles. The van der Waals surface area contributed by atoms with E-state index in [-0.39, 0.29) is 6.54 Å². The summed E-state index contributed by atoms with van der Waals surface area (Å²) in [6, 6.07) is -0.665. The van der Waals surface area contributed by atoms with Gasteiger partial charge >= 0.3 is 12.2 Å². The van der Waals surface area contributed by atoms with Crippen molar-refractivity contribution in [1.29, 1.82) is 0 Å². The normalized spacial score (nSPS) is 28.2. The molecule has 1 aliphatic heterocycles. The molecule has 0 radical (unpaired) electrons. The van der Waals surface area contributed by atoms with Gasteiger partial charge in [0, 0.05) is 5.54 Å². The van der Waals surface area contributed by atoms with E-state index in [1.54, 1.807) is 20.8 Å². The Hall–Kier alpha value is -0.940. The number of halogens is 3. The van der Waals surface area contributed by atoms with Crippen LogP contribution in [0.15, 0.2) is 0 Å². The molecule has 1 aliphatic rings. The van der Waals surface area contributed by atoms with Gasteiger partial charge in [0.05, 0.1) is 6.54 Å². The lowest BCUT2D eigenvalue weighted by Crippen LogP contribution is -2.53. The van der Waals surface area contributed by atoms with Crippen LogP contribution in [0.3, 0.4) is 0 Å². The van der Waals surface area contributed by atoms with Crippen molar-refractivity contribution in [2.24, 2.45) is 0 Å². The molecule has 6 heteroatoms. The van der Waals surface area contributed by atoms with Crippen molar-refractivity contribution in [2.45, 2.75) is 44.9 Å². The lowest BCUT2D eigenvalue weighted by molar-refractivity contribution is -0.184. The Labute approximate surface area is 86.6 Å². The number of hydrogen-bond acceptors (Lipinski definition) is 1. The van der Waals surface area contributed by atoms with E-state index >= 15 is 0 Å². The van der Waals surface area contributed by atoms with E-state index in [1.165, 1.54) is 4.90 Å². The second-order valence-electron chi connectivity index (χ2n) is 5.02. The zero-order valence-electron chi connectivity index (χ0n) is 9.20. The van der Waals surface area contributed by atoms with Gasteiger partial charge in [-0.25, -0.2) is 4.79 Å². The quantitative estimate of drug-likeness (QED) is 0.671. The average molecular weight is 224 g/mol. The van der Waals surface area contributed by atoms with Gasteiger partial charge in [0.15, 0.2) is 5.54 Å². The van der Waals surface area contributed by atoms with Crippen LogP contribution in [0.2, 0.25) is 0 Å². The number of nitrogens with zero attached hydrogens (tertiary/aromatic N) is 1. The van der Waals surface area contributed by atoms with E-state index < -0.39 is 23.3 Å². The molecule has 1 rings (SSSR count). The molecule has 1 heterocycles. The molecule has 0 spiro atoms. The number of rotatable bonds is 0. The van der Waals surface area contributed by atoms with Crippen molar-refractivity contribution in [3.63, 3.8) is 0 Å². The van der Waals surface area contributed by atoms with Crippen molar-refractivity contribution >= 4 is 6.03 Å². The first-order valence-electron chi connectivity index (χ1n) is 4.64. The molecular formula is C9H15F3N2O. The van der Waals surface area contributed by atoms with Crippen LogP contribution >= 0.6 is 0 Å². The van der Waals surface area contributed by atoms with Crippen LogP contribution in [-0.4, -0.2) is 34.7 Å². The number of carbonyl (C=O) groups is 1. The maximum Gasteiger partial charge on any atom is 0.413 e. The van der Waals surface area contributed by atoms with Crippen LogP contribution in [-0.2, 0) is 0 Å². The third-order valence-electron chi connectivity index (χ3n) is 2.54. The summed E-state index contributed by atoms with van der Waals surface area (Å²) in [6.45, 7) is 5.76. The molecule has 1 atom stereocenters. The molecule has 88 valence electrons. The Balaban J connectivity index is 2.94. The summed E-state index contributed by atoms with van der Waals surface area (Å²) >= 11 is 0. The van der Waals surface area contributed by atoms with Gasteiger partial charge in [0.25, 0.3) is 0 Å². The minimum Gasteiger partial charge on any atom is -0.322 e. The fraction of sp³-hybridized carbons (Fsp3) is 0.889. The molecule has 3 nitrogen and oxygen atoms in total. The van der Waals surface area contributed by atoms with E-state index in [0.717, 1.165) is 6.92 Å². The molecule has 2 amide bonds. The molecule has 0 bridgehead atoms. The van der Waals surface area contributed by atoms with Crippen molar-refractivity contribution in [1.82, 2.24) is 10.2 Å².